The number of alkyl carbamates (subject to hydrolysis) is 1. The number of allylic oxidation sites excluding steroid dienone is 3. The number of halogens is 1. The Hall–Kier alpha value is -2.63. The fourth-order valence-corrected chi connectivity index (χ4v) is 5.78. The van der Waals surface area contributed by atoms with E-state index in [4.69, 9.17) is 30.5 Å². The molecule has 0 radical (unpaired) electrons. The van der Waals surface area contributed by atoms with E-state index in [0.29, 0.717) is 17.9 Å². The number of nitrogens with zero attached hydrogens (tertiary/aromatic N) is 1. The molecule has 3 heterocycles. The molecule has 0 saturated carbocycles. The van der Waals surface area contributed by atoms with Gasteiger partial charge in [-0.3, -0.25) is 10.1 Å². The first-order valence-electron chi connectivity index (χ1n) is 12.9. The van der Waals surface area contributed by atoms with E-state index in [1.165, 1.54) is 19.1 Å². The molecule has 1 aromatic rings. The number of amides is 2. The topological polar surface area (TPSA) is 130 Å². The highest BCUT2D eigenvalue weighted by molar-refractivity contribution is 6.35. The minimum Gasteiger partial charge on any atom is -0.495 e. The van der Waals surface area contributed by atoms with E-state index in [1.54, 1.807) is 26.1 Å². The Kier molecular flexibility index (Phi) is 8.35. The van der Waals surface area contributed by atoms with Crippen LogP contribution in [0.15, 0.2) is 35.9 Å². The molecule has 0 aliphatic carbocycles. The molecule has 3 aliphatic rings. The zero-order valence-corrected chi connectivity index (χ0v) is 23.8. The number of carbonyl (C=O) groups excluding carboxylic acids is 2. The average Bonchev–Trinajstić information content (AvgIpc) is 3.58. The van der Waals surface area contributed by atoms with Gasteiger partial charge in [-0.2, -0.15) is 0 Å². The van der Waals surface area contributed by atoms with Crippen molar-refractivity contribution < 1.29 is 38.7 Å². The van der Waals surface area contributed by atoms with Crippen molar-refractivity contribution in [1.29, 1.82) is 0 Å². The number of carbonyl (C=O) groups is 2. The van der Waals surface area contributed by atoms with Gasteiger partial charge in [-0.1, -0.05) is 42.3 Å². The molecule has 0 aromatic heterocycles. The fourth-order valence-electron chi connectivity index (χ4n) is 5.46. The summed E-state index contributed by atoms with van der Waals surface area (Å²) in [5, 5.41) is 25.3. The van der Waals surface area contributed by atoms with Crippen molar-refractivity contribution in [2.75, 3.05) is 26.2 Å². The predicted octanol–water partition coefficient (Wildman–Crippen LogP) is 3.12. The molecule has 2 amide bonds. The van der Waals surface area contributed by atoms with Crippen molar-refractivity contribution in [2.45, 2.75) is 75.8 Å². The van der Waals surface area contributed by atoms with E-state index in [1.807, 2.05) is 32.1 Å². The van der Waals surface area contributed by atoms with Crippen molar-refractivity contribution >= 4 is 29.3 Å². The van der Waals surface area contributed by atoms with Crippen LogP contribution in [0.3, 0.4) is 0 Å². The summed E-state index contributed by atoms with van der Waals surface area (Å²) in [5.41, 5.74) is -0.479. The van der Waals surface area contributed by atoms with E-state index >= 15 is 0 Å². The number of benzene rings is 1. The summed E-state index contributed by atoms with van der Waals surface area (Å²) in [6.45, 7) is 5.48. The summed E-state index contributed by atoms with van der Waals surface area (Å²) >= 11 is 6.58. The maximum atomic E-state index is 13.3. The van der Waals surface area contributed by atoms with E-state index in [-0.39, 0.29) is 23.8 Å². The van der Waals surface area contributed by atoms with Crippen LogP contribution >= 0.6 is 11.6 Å². The van der Waals surface area contributed by atoms with Gasteiger partial charge in [-0.15, -0.1) is 0 Å². The van der Waals surface area contributed by atoms with Gasteiger partial charge in [0, 0.05) is 26.5 Å². The van der Waals surface area contributed by atoms with Crippen LogP contribution in [0.1, 0.15) is 39.2 Å². The molecule has 39 heavy (non-hydrogen) atoms. The highest BCUT2D eigenvalue weighted by atomic mass is 35.5. The first-order valence-corrected chi connectivity index (χ1v) is 13.3. The van der Waals surface area contributed by atoms with Gasteiger partial charge in [-0.25, -0.2) is 4.79 Å². The van der Waals surface area contributed by atoms with Gasteiger partial charge < -0.3 is 34.1 Å². The Labute approximate surface area is 233 Å². The smallest absolute Gasteiger partial charge is 0.409 e. The Bertz CT molecular complexity index is 1190. The second-order valence-electron chi connectivity index (χ2n) is 10.8. The molecule has 4 bridgehead atoms. The first-order chi connectivity index (χ1) is 18.3. The van der Waals surface area contributed by atoms with Crippen LogP contribution in [0.2, 0.25) is 5.02 Å². The summed E-state index contributed by atoms with van der Waals surface area (Å²) in [7, 11) is 4.56. The number of hydrogen-bond acceptors (Lipinski definition) is 8. The van der Waals surface area contributed by atoms with Crippen molar-refractivity contribution in [2.24, 2.45) is 5.92 Å². The number of anilines is 1. The number of epoxide rings is 1. The van der Waals surface area contributed by atoms with Crippen LogP contribution in [0.5, 0.6) is 5.75 Å². The van der Waals surface area contributed by atoms with Crippen LogP contribution in [0, 0.1) is 5.92 Å². The van der Waals surface area contributed by atoms with E-state index in [2.05, 4.69) is 5.32 Å². The number of rotatable bonds is 2. The zero-order valence-electron chi connectivity index (χ0n) is 23.1. The second-order valence-corrected chi connectivity index (χ2v) is 11.2. The largest absolute Gasteiger partial charge is 0.495 e. The summed E-state index contributed by atoms with van der Waals surface area (Å²) < 4.78 is 22.4. The predicted molar refractivity (Wildman–Crippen MR) is 145 cm³/mol. The summed E-state index contributed by atoms with van der Waals surface area (Å²) in [6.07, 6.45) is 1.63. The van der Waals surface area contributed by atoms with Gasteiger partial charge in [-0.05, 0) is 38.0 Å². The van der Waals surface area contributed by atoms with Crippen LogP contribution in [0.4, 0.5) is 10.5 Å². The monoisotopic (exact) mass is 564 g/mol. The molecule has 2 saturated heterocycles. The second kappa shape index (κ2) is 11.1. The minimum absolute atomic E-state index is 0.0310. The molecule has 4 rings (SSSR count). The molecule has 11 heteroatoms. The number of hydrogen-bond donors (Lipinski definition) is 3. The fraction of sp³-hybridized carbons (Fsp3) is 0.571. The lowest BCUT2D eigenvalue weighted by Crippen LogP contribution is -2.63. The third kappa shape index (κ3) is 5.81. The highest BCUT2D eigenvalue weighted by Gasteiger charge is 2.62. The molecule has 10 nitrogen and oxygen atoms in total. The van der Waals surface area contributed by atoms with Gasteiger partial charge in [0.05, 0.1) is 31.4 Å². The molecule has 0 spiro atoms. The molecule has 2 fully saturated rings. The Morgan fingerprint density at radius 3 is 2.64 bits per heavy atom. The third-order valence-electron chi connectivity index (χ3n) is 7.98. The third-order valence-corrected chi connectivity index (χ3v) is 8.36. The van der Waals surface area contributed by atoms with E-state index < -0.39 is 47.8 Å². The van der Waals surface area contributed by atoms with Gasteiger partial charge in [0.2, 0.25) is 5.91 Å². The Morgan fingerprint density at radius 1 is 1.26 bits per heavy atom. The number of fused-ring (bicyclic) bond motifs is 5. The quantitative estimate of drug-likeness (QED) is 0.467. The molecule has 3 aliphatic heterocycles. The van der Waals surface area contributed by atoms with Crippen LogP contribution in [-0.2, 0) is 25.4 Å². The van der Waals surface area contributed by atoms with E-state index in [9.17, 15) is 19.8 Å². The molecular formula is C28H37ClN2O8. The van der Waals surface area contributed by atoms with Gasteiger partial charge in [0.15, 0.2) is 5.72 Å². The lowest BCUT2D eigenvalue weighted by Gasteiger charge is -2.42. The first kappa shape index (κ1) is 29.4. The summed E-state index contributed by atoms with van der Waals surface area (Å²) in [6, 6.07) is 3.63. The lowest BCUT2D eigenvalue weighted by molar-refractivity contribution is -0.142. The number of methoxy groups -OCH3 is 2. The molecule has 3 N–H and O–H groups in total. The zero-order chi connectivity index (χ0) is 28.7. The van der Waals surface area contributed by atoms with Crippen LogP contribution in [-0.4, -0.2) is 79.2 Å². The van der Waals surface area contributed by atoms with Crippen molar-refractivity contribution in [3.8, 4) is 5.75 Å². The molecule has 7 atom stereocenters. The summed E-state index contributed by atoms with van der Waals surface area (Å²) in [5.74, 6) is -0.323. The Morgan fingerprint density at radius 2 is 1.97 bits per heavy atom. The SMILES string of the molecule is COc1cc2cc(c1Cl)N(C)C(=O)C[C@H](O)[C@]1(C)O[C@H]1[C@@H](C)[C@H]1C[C@@](O)(NC(=O)O1)[C@H](OC)/C=C/C=C(\C)C2. The lowest BCUT2D eigenvalue weighted by atomic mass is 9.84. The van der Waals surface area contributed by atoms with Crippen molar-refractivity contribution in [3.05, 3.63) is 46.5 Å². The number of ether oxygens (including phenoxy) is 4. The van der Waals surface area contributed by atoms with Gasteiger partial charge in [0.25, 0.3) is 0 Å². The van der Waals surface area contributed by atoms with E-state index in [0.717, 1.165) is 11.1 Å². The van der Waals surface area contributed by atoms with Crippen molar-refractivity contribution in [1.82, 2.24) is 5.32 Å². The number of nitrogens with one attached hydrogen (secondary N) is 1. The van der Waals surface area contributed by atoms with Gasteiger partial charge >= 0.3 is 6.09 Å². The maximum absolute atomic E-state index is 13.3. The number of aliphatic hydroxyl groups is 2. The molecule has 214 valence electrons. The molecule has 1 aromatic carbocycles. The maximum Gasteiger partial charge on any atom is 0.409 e. The number of aliphatic hydroxyl groups excluding tert-OH is 1. The molecule has 0 unspecified atom stereocenters. The van der Waals surface area contributed by atoms with Crippen LogP contribution in [0.25, 0.3) is 0 Å². The normalized spacial score (nSPS) is 37.6. The molecular weight excluding hydrogens is 528 g/mol. The van der Waals surface area contributed by atoms with Crippen LogP contribution < -0.4 is 15.0 Å². The standard InChI is InChI=1S/C28H37ClN2O8/c1-15-8-7-9-22(37-6)28(35)14-20(38-26(34)30-28)16(2)25-27(3,39-25)21(32)13-23(33)31(4)18-11-17(10-15)12-19(36-5)24(18)29/h7-9,11-12,16,20-22,25,32,35H,10,13-14H2,1-6H3,(H,30,34)/b9-7+,15-8+/t16-,20+,21-,22+,25-,27-,28-/m0/s1. The minimum atomic E-state index is -1.73. The van der Waals surface area contributed by atoms with Crippen molar-refractivity contribution in [3.63, 3.8) is 0 Å². The highest BCUT2D eigenvalue weighted by Crippen LogP contribution is 2.48. The summed E-state index contributed by atoms with van der Waals surface area (Å²) in [4.78, 5) is 27.1. The Balaban J connectivity index is 1.74. The van der Waals surface area contributed by atoms with Gasteiger partial charge in [0.1, 0.15) is 28.6 Å². The average molecular weight is 565 g/mol.